The van der Waals surface area contributed by atoms with Crippen molar-refractivity contribution in [3.8, 4) is 0 Å². The molecule has 6 unspecified atom stereocenters. The summed E-state index contributed by atoms with van der Waals surface area (Å²) in [7, 11) is 0. The summed E-state index contributed by atoms with van der Waals surface area (Å²) < 4.78 is 11.7. The molecule has 3 rings (SSSR count). The molecule has 0 spiro atoms. The monoisotopic (exact) mass is 560 g/mol. The highest BCUT2D eigenvalue weighted by atomic mass is 16.5. The molecule has 0 N–H and O–H groups in total. The summed E-state index contributed by atoms with van der Waals surface area (Å²) in [5.41, 5.74) is 0. The number of carbonyl (C=O) groups excluding carboxylic acids is 2. The van der Waals surface area contributed by atoms with Gasteiger partial charge < -0.3 is 9.47 Å². The van der Waals surface area contributed by atoms with Gasteiger partial charge in [0.1, 0.15) is 0 Å². The lowest BCUT2D eigenvalue weighted by Gasteiger charge is -2.30. The molecule has 3 saturated carbocycles. The average Bonchev–Trinajstić information content (AvgIpc) is 3.66. The van der Waals surface area contributed by atoms with Crippen LogP contribution in [0.4, 0.5) is 0 Å². The summed E-state index contributed by atoms with van der Waals surface area (Å²) in [6.07, 6.45) is 29.1. The second-order valence-electron chi connectivity index (χ2n) is 13.8. The molecule has 4 heteroatoms. The summed E-state index contributed by atoms with van der Waals surface area (Å²) in [5, 5.41) is 0. The van der Waals surface area contributed by atoms with Crippen molar-refractivity contribution in [3.63, 3.8) is 0 Å². The zero-order chi connectivity index (χ0) is 28.4. The Bertz CT molecular complexity index is 690. The first-order chi connectivity index (χ1) is 19.6. The number of fused-ring (bicyclic) bond motifs is 5. The van der Waals surface area contributed by atoms with E-state index in [0.29, 0.717) is 43.8 Å². The van der Waals surface area contributed by atoms with Crippen LogP contribution in [0.3, 0.4) is 0 Å². The Morgan fingerprint density at radius 3 is 1.52 bits per heavy atom. The molecule has 0 aliphatic heterocycles. The fraction of sp³-hybridized carbons (Fsp3) is 0.944. The van der Waals surface area contributed by atoms with E-state index in [9.17, 15) is 9.59 Å². The molecule has 2 bridgehead atoms. The molecule has 0 amide bonds. The standard InChI is InChI=1S/C36H64O4/c1-3-5-7-9-11-13-15-17-19-21-34(37)39-27-31-26-32-29-23-24-30(25-29)36(32)33(31)28-40-35(38)22-20-18-16-14-12-10-8-6-4-2/h29-33,36H,3-28H2,1-2H3. The summed E-state index contributed by atoms with van der Waals surface area (Å²) in [5.74, 6) is 3.82. The largest absolute Gasteiger partial charge is 0.465 e. The van der Waals surface area contributed by atoms with E-state index in [1.54, 1.807) is 0 Å². The van der Waals surface area contributed by atoms with Crippen LogP contribution in [0.15, 0.2) is 0 Å². The fourth-order valence-corrected chi connectivity index (χ4v) is 8.44. The van der Waals surface area contributed by atoms with E-state index in [1.165, 1.54) is 109 Å². The molecule has 4 nitrogen and oxygen atoms in total. The predicted octanol–water partition coefficient (Wildman–Crippen LogP) is 10.2. The normalized spacial score (nSPS) is 26.8. The minimum absolute atomic E-state index is 0.0179. The Labute approximate surface area is 247 Å². The number of rotatable bonds is 24. The first kappa shape index (κ1) is 33.4. The van der Waals surface area contributed by atoms with Gasteiger partial charge in [-0.05, 0) is 68.1 Å². The Balaban J connectivity index is 1.29. The van der Waals surface area contributed by atoms with E-state index in [4.69, 9.17) is 9.47 Å². The summed E-state index contributed by atoms with van der Waals surface area (Å²) in [6.45, 7) is 5.59. The molecule has 0 heterocycles. The van der Waals surface area contributed by atoms with E-state index in [2.05, 4.69) is 13.8 Å². The molecule has 3 aliphatic rings. The number of ether oxygens (including phenoxy) is 2. The van der Waals surface area contributed by atoms with Crippen LogP contribution < -0.4 is 0 Å². The molecule has 40 heavy (non-hydrogen) atoms. The molecule has 3 aliphatic carbocycles. The van der Waals surface area contributed by atoms with E-state index in [-0.39, 0.29) is 11.9 Å². The Hall–Kier alpha value is -1.06. The van der Waals surface area contributed by atoms with E-state index >= 15 is 0 Å². The number of unbranched alkanes of at least 4 members (excludes halogenated alkanes) is 16. The van der Waals surface area contributed by atoms with Gasteiger partial charge in [-0.3, -0.25) is 9.59 Å². The number of carbonyl (C=O) groups is 2. The average molecular weight is 561 g/mol. The van der Waals surface area contributed by atoms with Gasteiger partial charge in [-0.2, -0.15) is 0 Å². The molecule has 0 radical (unpaired) electrons. The topological polar surface area (TPSA) is 52.6 Å². The van der Waals surface area contributed by atoms with Crippen LogP contribution in [-0.2, 0) is 19.1 Å². The van der Waals surface area contributed by atoms with Gasteiger partial charge >= 0.3 is 11.9 Å². The van der Waals surface area contributed by atoms with Gasteiger partial charge in [0.25, 0.3) is 0 Å². The van der Waals surface area contributed by atoms with Gasteiger partial charge in [0.15, 0.2) is 0 Å². The SMILES string of the molecule is CCCCCCCCCCCC(=O)OCC1CC2C3CCC(C3)C2C1COC(=O)CCCCCCCCCCC. The maximum atomic E-state index is 12.6. The summed E-state index contributed by atoms with van der Waals surface area (Å²) in [4.78, 5) is 25.1. The van der Waals surface area contributed by atoms with Crippen LogP contribution in [0.2, 0.25) is 0 Å². The van der Waals surface area contributed by atoms with Gasteiger partial charge in [0.05, 0.1) is 13.2 Å². The molecule has 6 atom stereocenters. The minimum atomic E-state index is -0.0240. The second-order valence-corrected chi connectivity index (χ2v) is 13.8. The van der Waals surface area contributed by atoms with Crippen molar-refractivity contribution in [3.05, 3.63) is 0 Å². The number of hydrogen-bond donors (Lipinski definition) is 0. The van der Waals surface area contributed by atoms with Crippen LogP contribution in [-0.4, -0.2) is 25.2 Å². The lowest BCUT2D eigenvalue weighted by Crippen LogP contribution is -2.30. The van der Waals surface area contributed by atoms with E-state index in [0.717, 1.165) is 49.9 Å². The van der Waals surface area contributed by atoms with Crippen molar-refractivity contribution in [2.45, 2.75) is 168 Å². The van der Waals surface area contributed by atoms with Crippen LogP contribution >= 0.6 is 0 Å². The van der Waals surface area contributed by atoms with Gasteiger partial charge in [0, 0.05) is 18.8 Å². The zero-order valence-corrected chi connectivity index (χ0v) is 26.5. The smallest absolute Gasteiger partial charge is 0.305 e. The van der Waals surface area contributed by atoms with Crippen LogP contribution in [0.25, 0.3) is 0 Å². The number of esters is 2. The highest BCUT2D eigenvalue weighted by molar-refractivity contribution is 5.69. The summed E-state index contributed by atoms with van der Waals surface area (Å²) >= 11 is 0. The maximum Gasteiger partial charge on any atom is 0.305 e. The first-order valence-corrected chi connectivity index (χ1v) is 17.9. The van der Waals surface area contributed by atoms with Crippen LogP contribution in [0, 0.1) is 35.5 Å². The quantitative estimate of drug-likeness (QED) is 0.0870. The third kappa shape index (κ3) is 11.7. The number of hydrogen-bond acceptors (Lipinski definition) is 4. The van der Waals surface area contributed by atoms with Crippen molar-refractivity contribution in [1.82, 2.24) is 0 Å². The van der Waals surface area contributed by atoms with Gasteiger partial charge in [-0.15, -0.1) is 0 Å². The molecule has 0 saturated heterocycles. The van der Waals surface area contributed by atoms with Crippen molar-refractivity contribution < 1.29 is 19.1 Å². The van der Waals surface area contributed by atoms with E-state index in [1.807, 2.05) is 0 Å². The highest BCUT2D eigenvalue weighted by Crippen LogP contribution is 2.62. The maximum absolute atomic E-state index is 12.6. The molecule has 232 valence electrons. The van der Waals surface area contributed by atoms with Crippen LogP contribution in [0.5, 0.6) is 0 Å². The van der Waals surface area contributed by atoms with Gasteiger partial charge in [-0.1, -0.05) is 117 Å². The molecule has 0 aromatic carbocycles. The molecular weight excluding hydrogens is 496 g/mol. The van der Waals surface area contributed by atoms with Crippen LogP contribution in [0.1, 0.15) is 168 Å². The third-order valence-electron chi connectivity index (χ3n) is 10.7. The molecular formula is C36H64O4. The molecule has 0 aromatic heterocycles. The van der Waals surface area contributed by atoms with Crippen molar-refractivity contribution >= 4 is 11.9 Å². The Morgan fingerprint density at radius 2 is 1.00 bits per heavy atom. The van der Waals surface area contributed by atoms with Crippen molar-refractivity contribution in [2.24, 2.45) is 35.5 Å². The fourth-order valence-electron chi connectivity index (χ4n) is 8.44. The minimum Gasteiger partial charge on any atom is -0.465 e. The zero-order valence-electron chi connectivity index (χ0n) is 26.5. The van der Waals surface area contributed by atoms with Gasteiger partial charge in [0.2, 0.25) is 0 Å². The second kappa shape index (κ2) is 20.0. The van der Waals surface area contributed by atoms with Crippen molar-refractivity contribution in [2.75, 3.05) is 13.2 Å². The Kier molecular flexibility index (Phi) is 16.7. The summed E-state index contributed by atoms with van der Waals surface area (Å²) in [6, 6.07) is 0. The highest BCUT2D eigenvalue weighted by Gasteiger charge is 2.56. The molecule has 0 aromatic rings. The third-order valence-corrected chi connectivity index (χ3v) is 10.7. The molecule has 3 fully saturated rings. The Morgan fingerprint density at radius 1 is 0.550 bits per heavy atom. The first-order valence-electron chi connectivity index (χ1n) is 17.9. The van der Waals surface area contributed by atoms with E-state index < -0.39 is 0 Å². The van der Waals surface area contributed by atoms with Gasteiger partial charge in [-0.25, -0.2) is 0 Å². The lowest BCUT2D eigenvalue weighted by atomic mass is 9.77. The lowest BCUT2D eigenvalue weighted by molar-refractivity contribution is -0.150. The predicted molar refractivity (Wildman–Crippen MR) is 165 cm³/mol. The van der Waals surface area contributed by atoms with Crippen molar-refractivity contribution in [1.29, 1.82) is 0 Å².